The molecule has 0 radical (unpaired) electrons. The zero-order valence-corrected chi connectivity index (χ0v) is 19.4. The first-order chi connectivity index (χ1) is 15.1. The average Bonchev–Trinajstić information content (AvgIpc) is 2.71. The lowest BCUT2D eigenvalue weighted by atomic mass is 10.0. The molecule has 2 N–H and O–H groups in total. The molecule has 0 aliphatic carbocycles. The number of carbonyl (C=O) groups excluding carboxylic acids is 1. The van der Waals surface area contributed by atoms with Gasteiger partial charge in [0.25, 0.3) is 0 Å². The van der Waals surface area contributed by atoms with Crippen molar-refractivity contribution in [2.45, 2.75) is 58.8 Å². The number of amides is 1. The molecular weight excluding hydrogens is 410 g/mol. The number of hydrogen-bond acceptors (Lipinski definition) is 5. The zero-order chi connectivity index (χ0) is 23.7. The molecule has 2 atom stereocenters. The van der Waals surface area contributed by atoms with Gasteiger partial charge in [0.1, 0.15) is 18.0 Å². The van der Waals surface area contributed by atoms with Gasteiger partial charge >= 0.3 is 12.1 Å². The number of aliphatic carboxylic acids is 1. The fourth-order valence-electron chi connectivity index (χ4n) is 3.17. The van der Waals surface area contributed by atoms with Crippen molar-refractivity contribution in [1.29, 1.82) is 0 Å². The van der Waals surface area contributed by atoms with Crippen LogP contribution in [0.15, 0.2) is 48.5 Å². The zero-order valence-electron chi connectivity index (χ0n) is 19.4. The maximum absolute atomic E-state index is 12.4. The molecule has 7 nitrogen and oxygen atoms in total. The van der Waals surface area contributed by atoms with Crippen LogP contribution in [0.25, 0.3) is 0 Å². The normalized spacial score (nSPS) is 13.2. The van der Waals surface area contributed by atoms with E-state index in [4.69, 9.17) is 14.2 Å². The van der Waals surface area contributed by atoms with Gasteiger partial charge in [-0.1, -0.05) is 36.4 Å². The lowest BCUT2D eigenvalue weighted by molar-refractivity contribution is -0.149. The Hall–Kier alpha value is -3.06. The Bertz CT molecular complexity index is 888. The summed E-state index contributed by atoms with van der Waals surface area (Å²) in [5.41, 5.74) is 2.20. The van der Waals surface area contributed by atoms with Crippen LogP contribution in [0.5, 0.6) is 5.75 Å². The summed E-state index contributed by atoms with van der Waals surface area (Å²) >= 11 is 0. The molecule has 2 unspecified atom stereocenters. The molecule has 0 aliphatic rings. The number of nitrogens with one attached hydrogen (secondary N) is 1. The van der Waals surface area contributed by atoms with Crippen LogP contribution < -0.4 is 10.1 Å². The third-order valence-corrected chi connectivity index (χ3v) is 4.66. The van der Waals surface area contributed by atoms with Crippen molar-refractivity contribution in [3.8, 4) is 5.75 Å². The first kappa shape index (κ1) is 25.2. The molecule has 174 valence electrons. The Morgan fingerprint density at radius 3 is 2.28 bits per heavy atom. The van der Waals surface area contributed by atoms with Gasteiger partial charge in [-0.3, -0.25) is 0 Å². The van der Waals surface area contributed by atoms with Crippen molar-refractivity contribution >= 4 is 12.1 Å². The topological polar surface area (TPSA) is 94.1 Å². The van der Waals surface area contributed by atoms with Crippen molar-refractivity contribution < 1.29 is 28.9 Å². The Balaban J connectivity index is 2.07. The minimum Gasteiger partial charge on any atom is -0.491 e. The molecular formula is C25H33NO6. The van der Waals surface area contributed by atoms with E-state index in [2.05, 4.69) is 5.32 Å². The number of rotatable bonds is 10. The molecule has 32 heavy (non-hydrogen) atoms. The van der Waals surface area contributed by atoms with Gasteiger partial charge in [0, 0.05) is 13.0 Å². The van der Waals surface area contributed by atoms with E-state index in [1.54, 1.807) is 19.1 Å². The van der Waals surface area contributed by atoms with Gasteiger partial charge < -0.3 is 24.6 Å². The number of alkyl carbamates (subject to hydrolysis) is 1. The van der Waals surface area contributed by atoms with E-state index >= 15 is 0 Å². The summed E-state index contributed by atoms with van der Waals surface area (Å²) < 4.78 is 16.6. The van der Waals surface area contributed by atoms with Crippen molar-refractivity contribution in [2.75, 3.05) is 13.2 Å². The fraction of sp³-hybridized carbons (Fsp3) is 0.440. The van der Waals surface area contributed by atoms with Crippen molar-refractivity contribution in [3.05, 3.63) is 65.2 Å². The van der Waals surface area contributed by atoms with Crippen LogP contribution in [0.2, 0.25) is 0 Å². The molecule has 0 heterocycles. The molecule has 2 aromatic rings. The first-order valence-corrected chi connectivity index (χ1v) is 10.7. The van der Waals surface area contributed by atoms with Crippen LogP contribution in [-0.4, -0.2) is 42.1 Å². The van der Waals surface area contributed by atoms with Crippen LogP contribution in [-0.2, 0) is 20.7 Å². The second-order valence-corrected chi connectivity index (χ2v) is 8.50. The molecule has 0 fully saturated rings. The first-order valence-electron chi connectivity index (χ1n) is 10.7. The average molecular weight is 444 g/mol. The van der Waals surface area contributed by atoms with E-state index < -0.39 is 29.8 Å². The Kier molecular flexibility index (Phi) is 9.08. The summed E-state index contributed by atoms with van der Waals surface area (Å²) in [5, 5.41) is 12.1. The van der Waals surface area contributed by atoms with E-state index in [0.717, 1.165) is 16.7 Å². The summed E-state index contributed by atoms with van der Waals surface area (Å²) in [6, 6.07) is 14.6. The summed E-state index contributed by atoms with van der Waals surface area (Å²) in [4.78, 5) is 23.7. The van der Waals surface area contributed by atoms with Crippen LogP contribution in [0.4, 0.5) is 4.79 Å². The highest BCUT2D eigenvalue weighted by Crippen LogP contribution is 2.21. The number of ether oxygens (including phenoxy) is 3. The lowest BCUT2D eigenvalue weighted by Gasteiger charge is -2.25. The molecule has 0 aliphatic heterocycles. The predicted molar refractivity (Wildman–Crippen MR) is 122 cm³/mol. The SMILES string of the molecule is CCOC(Cc1ccc(OCC(NC(=O)OC(C)(C)C)c2ccccc2C)cc1)C(=O)O. The van der Waals surface area contributed by atoms with Gasteiger partial charge in [0.05, 0.1) is 6.04 Å². The van der Waals surface area contributed by atoms with Gasteiger partial charge in [-0.25, -0.2) is 9.59 Å². The molecule has 1 amide bonds. The highest BCUT2D eigenvalue weighted by Gasteiger charge is 2.22. The third-order valence-electron chi connectivity index (χ3n) is 4.66. The minimum atomic E-state index is -0.985. The van der Waals surface area contributed by atoms with Gasteiger partial charge in [0.15, 0.2) is 6.10 Å². The maximum atomic E-state index is 12.4. The molecule has 0 bridgehead atoms. The highest BCUT2D eigenvalue weighted by atomic mass is 16.6. The van der Waals surface area contributed by atoms with Crippen molar-refractivity contribution in [2.24, 2.45) is 0 Å². The van der Waals surface area contributed by atoms with E-state index in [0.29, 0.717) is 12.4 Å². The lowest BCUT2D eigenvalue weighted by Crippen LogP contribution is -2.37. The Labute approximate surface area is 189 Å². The summed E-state index contributed by atoms with van der Waals surface area (Å²) in [7, 11) is 0. The van der Waals surface area contributed by atoms with Crippen molar-refractivity contribution in [1.82, 2.24) is 5.32 Å². The van der Waals surface area contributed by atoms with Crippen LogP contribution in [0, 0.1) is 6.92 Å². The number of hydrogen-bond donors (Lipinski definition) is 2. The van der Waals surface area contributed by atoms with Gasteiger partial charge in [0.2, 0.25) is 0 Å². The molecule has 0 saturated carbocycles. The monoisotopic (exact) mass is 443 g/mol. The smallest absolute Gasteiger partial charge is 0.408 e. The second kappa shape index (κ2) is 11.5. The largest absolute Gasteiger partial charge is 0.491 e. The number of carboxylic acids is 1. The van der Waals surface area contributed by atoms with Gasteiger partial charge in [-0.05, 0) is 63.4 Å². The molecule has 2 aromatic carbocycles. The van der Waals surface area contributed by atoms with Gasteiger partial charge in [-0.2, -0.15) is 0 Å². The van der Waals surface area contributed by atoms with Crippen LogP contribution in [0.3, 0.4) is 0 Å². The van der Waals surface area contributed by atoms with Crippen LogP contribution >= 0.6 is 0 Å². The maximum Gasteiger partial charge on any atom is 0.408 e. The van der Waals surface area contributed by atoms with E-state index in [-0.39, 0.29) is 13.0 Å². The van der Waals surface area contributed by atoms with E-state index in [1.807, 2.05) is 64.1 Å². The third kappa shape index (κ3) is 8.23. The fourth-order valence-corrected chi connectivity index (χ4v) is 3.17. The quantitative estimate of drug-likeness (QED) is 0.554. The molecule has 0 spiro atoms. The second-order valence-electron chi connectivity index (χ2n) is 8.50. The van der Waals surface area contributed by atoms with Gasteiger partial charge in [-0.15, -0.1) is 0 Å². The Morgan fingerprint density at radius 1 is 1.06 bits per heavy atom. The summed E-state index contributed by atoms with van der Waals surface area (Å²) in [5.74, 6) is -0.372. The van der Waals surface area contributed by atoms with Crippen LogP contribution in [0.1, 0.15) is 50.4 Å². The number of carbonyl (C=O) groups is 2. The molecule has 7 heteroatoms. The number of carboxylic acid groups (broad SMARTS) is 1. The summed E-state index contributed by atoms with van der Waals surface area (Å²) in [6.07, 6.45) is -1.12. The highest BCUT2D eigenvalue weighted by molar-refractivity contribution is 5.72. The van der Waals surface area contributed by atoms with E-state index in [1.165, 1.54) is 0 Å². The molecule has 0 saturated heterocycles. The molecule has 0 aromatic heterocycles. The standard InChI is InChI=1S/C25H33NO6/c1-6-30-22(23(27)28)15-18-11-13-19(14-12-18)31-16-21(20-10-8-7-9-17(20)2)26-24(29)32-25(3,4)5/h7-14,21-22H,6,15-16H2,1-5H3,(H,26,29)(H,27,28). The molecule has 2 rings (SSSR count). The number of aryl methyl sites for hydroxylation is 1. The van der Waals surface area contributed by atoms with E-state index in [9.17, 15) is 14.7 Å². The predicted octanol–water partition coefficient (Wildman–Crippen LogP) is 4.67. The Morgan fingerprint density at radius 2 is 1.72 bits per heavy atom. The minimum absolute atomic E-state index is 0.208. The van der Waals surface area contributed by atoms with Crippen molar-refractivity contribution in [3.63, 3.8) is 0 Å². The summed E-state index contributed by atoms with van der Waals surface area (Å²) in [6.45, 7) is 9.73. The number of benzene rings is 2.